The van der Waals surface area contributed by atoms with Crippen molar-refractivity contribution in [3.8, 4) is 12.1 Å². The van der Waals surface area contributed by atoms with Crippen LogP contribution in [0.4, 0.5) is 5.88 Å². The highest BCUT2D eigenvalue weighted by Gasteiger charge is 2.54. The summed E-state index contributed by atoms with van der Waals surface area (Å²) in [7, 11) is 0. The number of anilines is 1. The number of rotatable bonds is 1. The Bertz CT molecular complexity index is 623. The summed E-state index contributed by atoms with van der Waals surface area (Å²) in [6, 6.07) is 4.19. The zero-order valence-corrected chi connectivity index (χ0v) is 11.4. The van der Waals surface area contributed by atoms with Crippen LogP contribution in [0.2, 0.25) is 0 Å². The number of nitrogens with zero attached hydrogens (tertiary/aromatic N) is 2. The minimum absolute atomic E-state index is 0.0248. The second-order valence-corrected chi connectivity index (χ2v) is 6.97. The van der Waals surface area contributed by atoms with Crippen LogP contribution in [0.1, 0.15) is 55.4 Å². The molecule has 4 aliphatic rings. The quantitative estimate of drug-likeness (QED) is 0.847. The second-order valence-electron chi connectivity index (χ2n) is 6.97. The third-order valence-electron chi connectivity index (χ3n) is 5.68. The molecule has 0 aromatic carbocycles. The fourth-order valence-electron chi connectivity index (χ4n) is 5.43. The lowest BCUT2D eigenvalue weighted by molar-refractivity contribution is -0.0149. The molecule has 0 atom stereocenters. The molecule has 102 valence electrons. The van der Waals surface area contributed by atoms with E-state index in [2.05, 4.69) is 6.07 Å². The highest BCUT2D eigenvalue weighted by molar-refractivity contribution is 5.60. The van der Waals surface area contributed by atoms with Crippen LogP contribution in [-0.2, 0) is 5.41 Å². The summed E-state index contributed by atoms with van der Waals surface area (Å²) in [5.74, 6) is 3.14. The molecule has 4 fully saturated rings. The van der Waals surface area contributed by atoms with Crippen molar-refractivity contribution in [1.82, 2.24) is 0 Å². The van der Waals surface area contributed by atoms with Crippen molar-refractivity contribution in [2.45, 2.75) is 43.9 Å². The van der Waals surface area contributed by atoms with Gasteiger partial charge in [0.1, 0.15) is 29.0 Å². The molecule has 20 heavy (non-hydrogen) atoms. The molecule has 0 saturated heterocycles. The number of hydrogen-bond acceptors (Lipinski definition) is 4. The van der Waals surface area contributed by atoms with Gasteiger partial charge in [-0.25, -0.2) is 0 Å². The first-order valence-corrected chi connectivity index (χ1v) is 7.38. The number of nitrogen functional groups attached to an aromatic ring is 1. The smallest absolute Gasteiger partial charge is 0.209 e. The highest BCUT2D eigenvalue weighted by atomic mass is 16.4. The second kappa shape index (κ2) is 3.79. The summed E-state index contributed by atoms with van der Waals surface area (Å²) in [5.41, 5.74) is 6.41. The first-order valence-electron chi connectivity index (χ1n) is 7.38. The van der Waals surface area contributed by atoms with Crippen LogP contribution in [-0.4, -0.2) is 0 Å². The number of nitriles is 2. The normalized spacial score (nSPS) is 37.6. The Morgan fingerprint density at radius 1 is 0.950 bits per heavy atom. The predicted molar refractivity (Wildman–Crippen MR) is 72.4 cm³/mol. The molecule has 4 aliphatic carbocycles. The van der Waals surface area contributed by atoms with Crippen LogP contribution in [0.25, 0.3) is 0 Å². The number of nitrogens with two attached hydrogens (primary N) is 1. The molecule has 0 radical (unpaired) electrons. The molecule has 1 aromatic heterocycles. The molecule has 5 rings (SSSR count). The Hall–Kier alpha value is -1.94. The van der Waals surface area contributed by atoms with Crippen LogP contribution < -0.4 is 5.73 Å². The standard InChI is InChI=1S/C16H17N3O/c17-7-12-13(8-18)15(19)20-14(12)16-4-9-1-10(5-16)3-11(2-9)6-16/h9-11H,1-6,19H2. The molecule has 4 heteroatoms. The summed E-state index contributed by atoms with van der Waals surface area (Å²) >= 11 is 0. The predicted octanol–water partition coefficient (Wildman–Crippen LogP) is 3.07. The van der Waals surface area contributed by atoms with Gasteiger partial charge in [-0.05, 0) is 56.3 Å². The molecule has 0 unspecified atom stereocenters. The van der Waals surface area contributed by atoms with Gasteiger partial charge in [0, 0.05) is 5.41 Å². The van der Waals surface area contributed by atoms with Crippen LogP contribution in [0.15, 0.2) is 4.42 Å². The molecule has 4 bridgehead atoms. The van der Waals surface area contributed by atoms with E-state index in [0.29, 0.717) is 11.3 Å². The lowest BCUT2D eigenvalue weighted by Crippen LogP contribution is -2.48. The van der Waals surface area contributed by atoms with Crippen LogP contribution in [0.3, 0.4) is 0 Å². The maximum Gasteiger partial charge on any atom is 0.209 e. The summed E-state index contributed by atoms with van der Waals surface area (Å²) < 4.78 is 5.75. The summed E-state index contributed by atoms with van der Waals surface area (Å²) in [6.45, 7) is 0. The van der Waals surface area contributed by atoms with Crippen molar-refractivity contribution >= 4 is 5.88 Å². The Labute approximate surface area is 118 Å². The van der Waals surface area contributed by atoms with Gasteiger partial charge in [0.2, 0.25) is 5.88 Å². The lowest BCUT2D eigenvalue weighted by Gasteiger charge is -2.55. The van der Waals surface area contributed by atoms with Gasteiger partial charge in [-0.15, -0.1) is 0 Å². The highest BCUT2D eigenvalue weighted by Crippen LogP contribution is 2.61. The maximum atomic E-state index is 9.43. The number of hydrogen-bond donors (Lipinski definition) is 1. The Morgan fingerprint density at radius 2 is 1.45 bits per heavy atom. The Balaban J connectivity index is 1.86. The van der Waals surface area contributed by atoms with E-state index >= 15 is 0 Å². The molecular formula is C16H17N3O. The minimum Gasteiger partial charge on any atom is -0.442 e. The maximum absolute atomic E-state index is 9.43. The average Bonchev–Trinajstić information content (AvgIpc) is 2.73. The van der Waals surface area contributed by atoms with Crippen LogP contribution >= 0.6 is 0 Å². The summed E-state index contributed by atoms with van der Waals surface area (Å²) in [6.07, 6.45) is 7.32. The van der Waals surface area contributed by atoms with Crippen molar-refractivity contribution < 1.29 is 4.42 Å². The first-order chi connectivity index (χ1) is 9.65. The fourth-order valence-corrected chi connectivity index (χ4v) is 5.43. The fraction of sp³-hybridized carbons (Fsp3) is 0.625. The Kier molecular flexibility index (Phi) is 2.25. The number of furan rings is 1. The van der Waals surface area contributed by atoms with E-state index < -0.39 is 0 Å². The van der Waals surface area contributed by atoms with E-state index in [4.69, 9.17) is 10.2 Å². The van der Waals surface area contributed by atoms with Crippen molar-refractivity contribution in [1.29, 1.82) is 10.5 Å². The molecule has 2 N–H and O–H groups in total. The molecule has 0 amide bonds. The van der Waals surface area contributed by atoms with E-state index in [1.54, 1.807) is 0 Å². The zero-order chi connectivity index (χ0) is 13.9. The first kappa shape index (κ1) is 11.9. The molecule has 4 saturated carbocycles. The van der Waals surface area contributed by atoms with Gasteiger partial charge in [0.25, 0.3) is 0 Å². The van der Waals surface area contributed by atoms with Gasteiger partial charge in [-0.2, -0.15) is 10.5 Å². The Morgan fingerprint density at radius 3 is 1.90 bits per heavy atom. The molecule has 1 heterocycles. The monoisotopic (exact) mass is 267 g/mol. The van der Waals surface area contributed by atoms with E-state index in [1.807, 2.05) is 6.07 Å². The van der Waals surface area contributed by atoms with E-state index in [1.165, 1.54) is 19.3 Å². The third kappa shape index (κ3) is 1.40. The molecule has 0 spiro atoms. The van der Waals surface area contributed by atoms with Crippen molar-refractivity contribution in [2.24, 2.45) is 17.8 Å². The van der Waals surface area contributed by atoms with Gasteiger partial charge in [0.15, 0.2) is 0 Å². The van der Waals surface area contributed by atoms with Crippen molar-refractivity contribution in [3.05, 3.63) is 16.9 Å². The minimum atomic E-state index is -0.0248. The van der Waals surface area contributed by atoms with E-state index in [0.717, 1.165) is 37.0 Å². The van der Waals surface area contributed by atoms with Gasteiger partial charge < -0.3 is 10.2 Å². The van der Waals surface area contributed by atoms with Crippen LogP contribution in [0, 0.1) is 40.4 Å². The topological polar surface area (TPSA) is 86.7 Å². The van der Waals surface area contributed by atoms with Crippen LogP contribution in [0.5, 0.6) is 0 Å². The SMILES string of the molecule is N#Cc1c(N)oc(C23CC4CC(CC(C4)C2)C3)c1C#N. The molecule has 1 aromatic rings. The van der Waals surface area contributed by atoms with Gasteiger partial charge in [0.05, 0.1) is 0 Å². The third-order valence-corrected chi connectivity index (χ3v) is 5.68. The molecule has 4 nitrogen and oxygen atoms in total. The summed E-state index contributed by atoms with van der Waals surface area (Å²) in [5, 5.41) is 18.6. The van der Waals surface area contributed by atoms with E-state index in [9.17, 15) is 10.5 Å². The molecule has 0 aliphatic heterocycles. The summed E-state index contributed by atoms with van der Waals surface area (Å²) in [4.78, 5) is 0. The van der Waals surface area contributed by atoms with Gasteiger partial charge in [-0.1, -0.05) is 0 Å². The zero-order valence-electron chi connectivity index (χ0n) is 11.4. The van der Waals surface area contributed by atoms with Crippen molar-refractivity contribution in [2.75, 3.05) is 5.73 Å². The van der Waals surface area contributed by atoms with Gasteiger partial charge in [-0.3, -0.25) is 0 Å². The largest absolute Gasteiger partial charge is 0.442 e. The van der Waals surface area contributed by atoms with E-state index in [-0.39, 0.29) is 16.9 Å². The molecular weight excluding hydrogens is 250 g/mol. The van der Waals surface area contributed by atoms with Gasteiger partial charge >= 0.3 is 0 Å². The average molecular weight is 267 g/mol. The van der Waals surface area contributed by atoms with Crippen molar-refractivity contribution in [3.63, 3.8) is 0 Å². The lowest BCUT2D eigenvalue weighted by atomic mass is 9.49.